The molecule has 0 unspecified atom stereocenters. The Labute approximate surface area is 165 Å². The summed E-state index contributed by atoms with van der Waals surface area (Å²) < 4.78 is 11.1. The van der Waals surface area contributed by atoms with E-state index in [2.05, 4.69) is 23.3 Å². The average Bonchev–Trinajstić information content (AvgIpc) is 2.73. The molecule has 4 rings (SSSR count). The summed E-state index contributed by atoms with van der Waals surface area (Å²) in [5.41, 5.74) is 5.11. The SMILES string of the molecule is COc1cc2c(cc1OC)[C@@H]1CN(C)CC[C@@H]1N=C2c1ccc(NC=O)cc1. The van der Waals surface area contributed by atoms with E-state index in [0.717, 1.165) is 47.8 Å². The van der Waals surface area contributed by atoms with E-state index in [1.807, 2.05) is 30.3 Å². The van der Waals surface area contributed by atoms with E-state index in [0.29, 0.717) is 18.1 Å². The van der Waals surface area contributed by atoms with Crippen LogP contribution in [0.25, 0.3) is 0 Å². The van der Waals surface area contributed by atoms with Crippen LogP contribution in [0.5, 0.6) is 11.5 Å². The van der Waals surface area contributed by atoms with E-state index in [1.165, 1.54) is 5.56 Å². The Morgan fingerprint density at radius 3 is 2.54 bits per heavy atom. The number of rotatable bonds is 5. The molecule has 2 aromatic rings. The first-order chi connectivity index (χ1) is 13.6. The highest BCUT2D eigenvalue weighted by molar-refractivity contribution is 6.15. The van der Waals surface area contributed by atoms with Crippen LogP contribution in [0.4, 0.5) is 5.69 Å². The number of anilines is 1. The van der Waals surface area contributed by atoms with Gasteiger partial charge in [-0.25, -0.2) is 0 Å². The third-order valence-electron chi connectivity index (χ3n) is 5.67. The third-order valence-corrected chi connectivity index (χ3v) is 5.67. The molecule has 146 valence electrons. The summed E-state index contributed by atoms with van der Waals surface area (Å²) in [7, 11) is 5.49. The monoisotopic (exact) mass is 379 g/mol. The molecule has 2 aliphatic heterocycles. The summed E-state index contributed by atoms with van der Waals surface area (Å²) in [6, 6.07) is 12.2. The number of likely N-dealkylation sites (N-methyl/N-ethyl adjacent to an activating group) is 1. The average molecular weight is 379 g/mol. The minimum Gasteiger partial charge on any atom is -0.493 e. The van der Waals surface area contributed by atoms with Gasteiger partial charge in [-0.05, 0) is 49.8 Å². The number of carbonyl (C=O) groups is 1. The normalized spacial score (nSPS) is 21.2. The zero-order chi connectivity index (χ0) is 19.7. The molecule has 2 heterocycles. The summed E-state index contributed by atoms with van der Waals surface area (Å²) in [6.07, 6.45) is 1.71. The van der Waals surface area contributed by atoms with Crippen molar-refractivity contribution in [2.75, 3.05) is 39.7 Å². The summed E-state index contributed by atoms with van der Waals surface area (Å²) in [6.45, 7) is 2.02. The predicted octanol–water partition coefficient (Wildman–Crippen LogP) is 2.91. The zero-order valence-corrected chi connectivity index (χ0v) is 16.4. The predicted molar refractivity (Wildman–Crippen MR) is 110 cm³/mol. The van der Waals surface area contributed by atoms with Gasteiger partial charge < -0.3 is 19.7 Å². The highest BCUT2D eigenvalue weighted by Gasteiger charge is 2.36. The van der Waals surface area contributed by atoms with Crippen molar-refractivity contribution >= 4 is 17.8 Å². The number of fused-ring (bicyclic) bond motifs is 3. The van der Waals surface area contributed by atoms with Crippen LogP contribution in [-0.4, -0.2) is 57.4 Å². The number of likely N-dealkylation sites (tertiary alicyclic amines) is 1. The second-order valence-electron chi connectivity index (χ2n) is 7.34. The van der Waals surface area contributed by atoms with Crippen LogP contribution in [0.15, 0.2) is 41.4 Å². The fourth-order valence-electron chi connectivity index (χ4n) is 4.23. The minimum absolute atomic E-state index is 0.254. The molecule has 6 heteroatoms. The lowest BCUT2D eigenvalue weighted by Crippen LogP contribution is -2.41. The highest BCUT2D eigenvalue weighted by atomic mass is 16.5. The number of methoxy groups -OCH3 is 2. The van der Waals surface area contributed by atoms with E-state index in [1.54, 1.807) is 14.2 Å². The van der Waals surface area contributed by atoms with Crippen molar-refractivity contribution in [2.24, 2.45) is 4.99 Å². The lowest BCUT2D eigenvalue weighted by molar-refractivity contribution is -0.105. The standard InChI is InChI=1S/C22H25N3O3/c1-25-9-8-19-18(12-25)16-10-20(27-2)21(28-3)11-17(16)22(24-19)14-4-6-15(7-5-14)23-13-26/h4-7,10-11,13,18-19H,8-9,12H2,1-3H3,(H,23,26)/t18-,19-/m0/s1. The van der Waals surface area contributed by atoms with Crippen molar-refractivity contribution in [3.63, 3.8) is 0 Å². The van der Waals surface area contributed by atoms with E-state index >= 15 is 0 Å². The number of aliphatic imine (C=N–C) groups is 1. The smallest absolute Gasteiger partial charge is 0.211 e. The van der Waals surface area contributed by atoms with Gasteiger partial charge >= 0.3 is 0 Å². The molecular weight excluding hydrogens is 354 g/mol. The number of nitrogens with one attached hydrogen (secondary N) is 1. The second kappa shape index (κ2) is 7.64. The number of benzene rings is 2. The van der Waals surface area contributed by atoms with Crippen molar-refractivity contribution in [1.82, 2.24) is 4.90 Å². The molecule has 0 spiro atoms. The maximum Gasteiger partial charge on any atom is 0.211 e. The van der Waals surface area contributed by atoms with Gasteiger partial charge in [-0.3, -0.25) is 9.79 Å². The molecule has 2 aliphatic rings. The Hall–Kier alpha value is -2.86. The minimum atomic E-state index is 0.254. The first-order valence-corrected chi connectivity index (χ1v) is 9.48. The van der Waals surface area contributed by atoms with Crippen molar-refractivity contribution in [3.05, 3.63) is 53.1 Å². The molecule has 0 aromatic heterocycles. The summed E-state index contributed by atoms with van der Waals surface area (Å²) in [5.74, 6) is 1.80. The number of nitrogens with zero attached hydrogens (tertiary/aromatic N) is 2. The molecule has 1 amide bonds. The van der Waals surface area contributed by atoms with Crippen molar-refractivity contribution in [1.29, 1.82) is 0 Å². The number of hydrogen-bond acceptors (Lipinski definition) is 5. The molecule has 0 saturated carbocycles. The first kappa shape index (κ1) is 18.5. The van der Waals surface area contributed by atoms with Crippen LogP contribution < -0.4 is 14.8 Å². The number of piperidine rings is 1. The van der Waals surface area contributed by atoms with Gasteiger partial charge in [-0.15, -0.1) is 0 Å². The van der Waals surface area contributed by atoms with Gasteiger partial charge in [0.25, 0.3) is 0 Å². The molecule has 2 atom stereocenters. The summed E-state index contributed by atoms with van der Waals surface area (Å²) in [4.78, 5) is 18.2. The Balaban J connectivity index is 1.84. The Bertz CT molecular complexity index is 908. The van der Waals surface area contributed by atoms with Crippen molar-refractivity contribution < 1.29 is 14.3 Å². The number of carbonyl (C=O) groups excluding carboxylic acids is 1. The molecule has 2 aromatic carbocycles. The largest absolute Gasteiger partial charge is 0.493 e. The topological polar surface area (TPSA) is 63.2 Å². The molecule has 1 fully saturated rings. The van der Waals surface area contributed by atoms with Crippen LogP contribution in [0.1, 0.15) is 29.0 Å². The van der Waals surface area contributed by atoms with E-state index in [4.69, 9.17) is 14.5 Å². The molecule has 0 aliphatic carbocycles. The molecular formula is C22H25N3O3. The maximum absolute atomic E-state index is 10.7. The van der Waals surface area contributed by atoms with E-state index in [9.17, 15) is 4.79 Å². The second-order valence-corrected chi connectivity index (χ2v) is 7.34. The Kier molecular flexibility index (Phi) is 5.05. The van der Waals surface area contributed by atoms with Gasteiger partial charge in [0.15, 0.2) is 11.5 Å². The molecule has 0 radical (unpaired) electrons. The van der Waals surface area contributed by atoms with Gasteiger partial charge in [0.2, 0.25) is 6.41 Å². The van der Waals surface area contributed by atoms with Crippen LogP contribution >= 0.6 is 0 Å². The quantitative estimate of drug-likeness (QED) is 0.812. The molecule has 1 saturated heterocycles. The van der Waals surface area contributed by atoms with Gasteiger partial charge in [0.05, 0.1) is 26.0 Å². The van der Waals surface area contributed by atoms with Gasteiger partial charge in [-0.2, -0.15) is 0 Å². The van der Waals surface area contributed by atoms with E-state index < -0.39 is 0 Å². The Morgan fingerprint density at radius 2 is 1.86 bits per heavy atom. The fourth-order valence-corrected chi connectivity index (χ4v) is 4.23. The number of hydrogen-bond donors (Lipinski definition) is 1. The van der Waals surface area contributed by atoms with Gasteiger partial charge in [0, 0.05) is 29.3 Å². The van der Waals surface area contributed by atoms with Gasteiger partial charge in [-0.1, -0.05) is 12.1 Å². The Morgan fingerprint density at radius 1 is 1.14 bits per heavy atom. The lowest BCUT2D eigenvalue weighted by Gasteiger charge is -2.39. The molecule has 0 bridgehead atoms. The number of ether oxygens (including phenoxy) is 2. The summed E-state index contributed by atoms with van der Waals surface area (Å²) in [5, 5.41) is 2.68. The number of amides is 1. The van der Waals surface area contributed by atoms with Gasteiger partial charge in [0.1, 0.15) is 0 Å². The highest BCUT2D eigenvalue weighted by Crippen LogP contribution is 2.42. The van der Waals surface area contributed by atoms with Crippen molar-refractivity contribution in [3.8, 4) is 11.5 Å². The van der Waals surface area contributed by atoms with Crippen LogP contribution in [0.3, 0.4) is 0 Å². The fraction of sp³-hybridized carbons (Fsp3) is 0.364. The van der Waals surface area contributed by atoms with E-state index in [-0.39, 0.29) is 6.04 Å². The summed E-state index contributed by atoms with van der Waals surface area (Å²) >= 11 is 0. The van der Waals surface area contributed by atoms with Crippen LogP contribution in [0, 0.1) is 0 Å². The maximum atomic E-state index is 10.7. The molecule has 28 heavy (non-hydrogen) atoms. The van der Waals surface area contributed by atoms with Crippen LogP contribution in [-0.2, 0) is 4.79 Å². The lowest BCUT2D eigenvalue weighted by atomic mass is 9.79. The van der Waals surface area contributed by atoms with Crippen molar-refractivity contribution in [2.45, 2.75) is 18.4 Å². The molecule has 6 nitrogen and oxygen atoms in total. The first-order valence-electron chi connectivity index (χ1n) is 9.48. The third kappa shape index (κ3) is 3.24. The molecule has 1 N–H and O–H groups in total. The zero-order valence-electron chi connectivity index (χ0n) is 16.4. The van der Waals surface area contributed by atoms with Crippen LogP contribution in [0.2, 0.25) is 0 Å².